The van der Waals surface area contributed by atoms with E-state index >= 15 is 0 Å². The van der Waals surface area contributed by atoms with E-state index in [1.807, 2.05) is 62.4 Å². The first kappa shape index (κ1) is 31.1. The molecule has 3 N–H and O–H groups in total. The van der Waals surface area contributed by atoms with E-state index in [2.05, 4.69) is 20.2 Å². The van der Waals surface area contributed by atoms with Gasteiger partial charge in [-0.2, -0.15) is 5.10 Å². The zero-order valence-corrected chi connectivity index (χ0v) is 26.6. The van der Waals surface area contributed by atoms with Crippen LogP contribution in [0.25, 0.3) is 38.8 Å². The maximum Gasteiger partial charge on any atom is 0.530 e. The van der Waals surface area contributed by atoms with Crippen LogP contribution in [0, 0.1) is 19.7 Å². The number of aromatic amines is 1. The molecule has 0 spiro atoms. The highest BCUT2D eigenvalue weighted by molar-refractivity contribution is 7.48. The number of nitrogens with two attached hydrogens (primary N) is 1. The van der Waals surface area contributed by atoms with Gasteiger partial charge >= 0.3 is 7.82 Å². The molecule has 46 heavy (non-hydrogen) atoms. The number of fused-ring (bicyclic) bond motifs is 2. The lowest BCUT2D eigenvalue weighted by atomic mass is 10.0. The van der Waals surface area contributed by atoms with Gasteiger partial charge < -0.3 is 10.3 Å². The van der Waals surface area contributed by atoms with E-state index in [0.717, 1.165) is 28.3 Å². The fourth-order valence-electron chi connectivity index (χ4n) is 5.54. The standard InChI is InChI=1S/C33H32FN6O5P/c1-5-43-46(42,44-6-2)45-25-16-22(14-23(34)17-25)30-29-31(35)36-27(37-32(29)39-38-30)18-24-15-21-12-9-11-20(4)28(21)33(41)40(24)26-13-8-7-10-19(26)3/h7-17H,5-6,18H2,1-4H3,(H3,35,36,37,38,39). The van der Waals surface area contributed by atoms with Crippen LogP contribution in [0.5, 0.6) is 5.75 Å². The molecule has 0 aliphatic carbocycles. The molecule has 0 bridgehead atoms. The zero-order valence-electron chi connectivity index (χ0n) is 25.7. The van der Waals surface area contributed by atoms with Crippen molar-refractivity contribution in [3.8, 4) is 22.7 Å². The van der Waals surface area contributed by atoms with E-state index in [4.69, 9.17) is 19.3 Å². The highest BCUT2D eigenvalue weighted by atomic mass is 31.2. The van der Waals surface area contributed by atoms with Crippen LogP contribution in [0.2, 0.25) is 0 Å². The largest absolute Gasteiger partial charge is 0.530 e. The lowest BCUT2D eigenvalue weighted by Gasteiger charge is -2.17. The average Bonchev–Trinajstić information content (AvgIpc) is 3.42. The maximum absolute atomic E-state index is 14.8. The Balaban J connectivity index is 1.42. The summed E-state index contributed by atoms with van der Waals surface area (Å²) in [4.78, 5) is 23.2. The Hall–Kier alpha value is -4.90. The fraction of sp³-hybridized carbons (Fsp3) is 0.212. The van der Waals surface area contributed by atoms with Gasteiger partial charge in [0, 0.05) is 23.7 Å². The van der Waals surface area contributed by atoms with Crippen molar-refractivity contribution in [3.63, 3.8) is 0 Å². The van der Waals surface area contributed by atoms with Crippen LogP contribution in [-0.2, 0) is 20.0 Å². The molecule has 13 heteroatoms. The van der Waals surface area contributed by atoms with Gasteiger partial charge in [0.25, 0.3) is 5.56 Å². The molecule has 236 valence electrons. The number of aromatic nitrogens is 5. The third-order valence-electron chi connectivity index (χ3n) is 7.47. The molecule has 11 nitrogen and oxygen atoms in total. The Morgan fingerprint density at radius 1 is 0.935 bits per heavy atom. The topological polar surface area (TPSA) is 147 Å². The summed E-state index contributed by atoms with van der Waals surface area (Å²) >= 11 is 0. The van der Waals surface area contributed by atoms with Gasteiger partial charge in [-0.1, -0.05) is 36.4 Å². The SMILES string of the molecule is CCOP(=O)(OCC)Oc1cc(F)cc(-c2[nH]nc3nc(Cc4cc5cccc(C)c5c(=O)n4-c4ccccc4C)nc(N)c23)c1. The summed E-state index contributed by atoms with van der Waals surface area (Å²) in [6.07, 6.45) is 0.178. The van der Waals surface area contributed by atoms with Gasteiger partial charge in [0.2, 0.25) is 0 Å². The summed E-state index contributed by atoms with van der Waals surface area (Å²) in [7, 11) is -3.97. The number of nitrogens with zero attached hydrogens (tertiary/aromatic N) is 4. The number of pyridine rings is 1. The average molecular weight is 643 g/mol. The van der Waals surface area contributed by atoms with Crippen LogP contribution in [0.4, 0.5) is 10.2 Å². The fourth-order valence-corrected chi connectivity index (χ4v) is 6.72. The normalized spacial score (nSPS) is 11.8. The number of anilines is 1. The highest BCUT2D eigenvalue weighted by Crippen LogP contribution is 2.50. The van der Waals surface area contributed by atoms with Crippen molar-refractivity contribution in [3.05, 3.63) is 106 Å². The molecule has 0 fully saturated rings. The number of rotatable bonds is 10. The van der Waals surface area contributed by atoms with Crippen LogP contribution in [0.15, 0.2) is 71.5 Å². The van der Waals surface area contributed by atoms with Crippen LogP contribution in [0.3, 0.4) is 0 Å². The molecule has 3 heterocycles. The first-order valence-corrected chi connectivity index (χ1v) is 16.2. The molecular formula is C33H32FN6O5P. The number of para-hydroxylation sites is 1. The number of hydrogen-bond acceptors (Lipinski definition) is 9. The van der Waals surface area contributed by atoms with Crippen LogP contribution >= 0.6 is 7.82 Å². The summed E-state index contributed by atoms with van der Waals surface area (Å²) < 4.78 is 45.2. The second kappa shape index (κ2) is 12.5. The van der Waals surface area contributed by atoms with Crippen molar-refractivity contribution >= 4 is 35.4 Å². The summed E-state index contributed by atoms with van der Waals surface area (Å²) in [5.41, 5.74) is 10.5. The molecule has 0 saturated heterocycles. The van der Waals surface area contributed by atoms with Gasteiger partial charge in [-0.3, -0.25) is 23.5 Å². The molecule has 3 aromatic heterocycles. The summed E-state index contributed by atoms with van der Waals surface area (Å²) in [6.45, 7) is 7.30. The van der Waals surface area contributed by atoms with Crippen LogP contribution in [0.1, 0.15) is 36.5 Å². The molecule has 0 aliphatic rings. The third kappa shape index (κ3) is 5.90. The molecule has 6 aromatic rings. The summed E-state index contributed by atoms with van der Waals surface area (Å²) in [5, 5.41) is 9.02. The molecule has 0 saturated carbocycles. The number of H-pyrrole nitrogens is 1. The number of nitrogens with one attached hydrogen (secondary N) is 1. The first-order valence-electron chi connectivity index (χ1n) is 14.7. The molecule has 0 aliphatic heterocycles. The molecule has 0 radical (unpaired) electrons. The highest BCUT2D eigenvalue weighted by Gasteiger charge is 2.28. The molecule has 0 unspecified atom stereocenters. The third-order valence-corrected chi connectivity index (χ3v) is 9.05. The van der Waals surface area contributed by atoms with Gasteiger partial charge in [-0.05, 0) is 68.5 Å². The Bertz CT molecular complexity index is 2210. The van der Waals surface area contributed by atoms with E-state index in [1.54, 1.807) is 18.4 Å². The zero-order chi connectivity index (χ0) is 32.6. The Morgan fingerprint density at radius 2 is 1.67 bits per heavy atom. The van der Waals surface area contributed by atoms with E-state index in [9.17, 15) is 13.8 Å². The van der Waals surface area contributed by atoms with Crippen molar-refractivity contribution in [2.45, 2.75) is 34.1 Å². The van der Waals surface area contributed by atoms with Crippen LogP contribution < -0.4 is 15.8 Å². The van der Waals surface area contributed by atoms with Gasteiger partial charge in [0.1, 0.15) is 23.2 Å². The first-order chi connectivity index (χ1) is 22.1. The lowest BCUT2D eigenvalue weighted by Crippen LogP contribution is -2.24. The number of hydrogen-bond donors (Lipinski definition) is 2. The summed E-state index contributed by atoms with van der Waals surface area (Å²) in [6, 6.07) is 19.2. The number of aryl methyl sites for hydroxylation is 2. The van der Waals surface area contributed by atoms with Crippen molar-refractivity contribution in [1.29, 1.82) is 0 Å². The van der Waals surface area contributed by atoms with Gasteiger partial charge in [0.15, 0.2) is 5.65 Å². The van der Waals surface area contributed by atoms with Gasteiger partial charge in [-0.15, -0.1) is 0 Å². The minimum atomic E-state index is -3.97. The number of benzene rings is 3. The minimum Gasteiger partial charge on any atom is -0.404 e. The van der Waals surface area contributed by atoms with Crippen molar-refractivity contribution in [2.24, 2.45) is 0 Å². The summed E-state index contributed by atoms with van der Waals surface area (Å²) in [5.74, 6) is -0.285. The maximum atomic E-state index is 14.8. The Kier molecular flexibility index (Phi) is 8.43. The van der Waals surface area contributed by atoms with Gasteiger partial charge in [-0.25, -0.2) is 18.9 Å². The monoisotopic (exact) mass is 642 g/mol. The van der Waals surface area contributed by atoms with Crippen molar-refractivity contribution in [1.82, 2.24) is 24.7 Å². The molecule has 0 amide bonds. The predicted octanol–water partition coefficient (Wildman–Crippen LogP) is 6.81. The van der Waals surface area contributed by atoms with E-state index in [0.29, 0.717) is 33.5 Å². The van der Waals surface area contributed by atoms with E-state index < -0.39 is 13.6 Å². The molecule has 3 aromatic carbocycles. The molecule has 6 rings (SSSR count). The van der Waals surface area contributed by atoms with E-state index in [1.165, 1.54) is 12.1 Å². The number of nitrogen functional groups attached to an aromatic ring is 1. The predicted molar refractivity (Wildman–Crippen MR) is 175 cm³/mol. The lowest BCUT2D eigenvalue weighted by molar-refractivity contribution is 0.167. The quantitative estimate of drug-likeness (QED) is 0.154. The van der Waals surface area contributed by atoms with E-state index in [-0.39, 0.29) is 42.4 Å². The Morgan fingerprint density at radius 3 is 2.41 bits per heavy atom. The smallest absolute Gasteiger partial charge is 0.404 e. The Labute approximate surface area is 263 Å². The molecular weight excluding hydrogens is 610 g/mol. The van der Waals surface area contributed by atoms with Crippen molar-refractivity contribution in [2.75, 3.05) is 18.9 Å². The number of phosphoric acid groups is 1. The van der Waals surface area contributed by atoms with Gasteiger partial charge in [0.05, 0.1) is 35.4 Å². The minimum absolute atomic E-state index is 0.0696. The second-order valence-electron chi connectivity index (χ2n) is 10.7. The molecule has 0 atom stereocenters. The number of halogens is 1. The van der Waals surface area contributed by atoms with Crippen LogP contribution in [-0.4, -0.2) is 37.9 Å². The van der Waals surface area contributed by atoms with Crippen molar-refractivity contribution < 1.29 is 22.5 Å². The second-order valence-corrected chi connectivity index (χ2v) is 12.2. The number of phosphoric ester groups is 1.